The number of carbonyl (C=O) groups excluding carboxylic acids is 1. The maximum absolute atomic E-state index is 12.6. The molecule has 140 valence electrons. The van der Waals surface area contributed by atoms with Crippen LogP contribution in [0.4, 0.5) is 0 Å². The minimum atomic E-state index is 0.220. The fourth-order valence-electron chi connectivity index (χ4n) is 3.71. The minimum absolute atomic E-state index is 0.220. The average molecular weight is 367 g/mol. The predicted molar refractivity (Wildman–Crippen MR) is 116 cm³/mol. The van der Waals surface area contributed by atoms with Gasteiger partial charge in [0.1, 0.15) is 0 Å². The van der Waals surface area contributed by atoms with E-state index in [1.54, 1.807) is 0 Å². The van der Waals surface area contributed by atoms with Crippen molar-refractivity contribution in [3.8, 4) is 11.1 Å². The molecule has 2 heteroatoms. The van der Waals surface area contributed by atoms with E-state index in [0.29, 0.717) is 6.42 Å². The van der Waals surface area contributed by atoms with E-state index < -0.39 is 0 Å². The molecule has 28 heavy (non-hydrogen) atoms. The van der Waals surface area contributed by atoms with Crippen LogP contribution in [-0.4, -0.2) is 30.3 Å². The van der Waals surface area contributed by atoms with Crippen molar-refractivity contribution < 1.29 is 4.79 Å². The molecule has 0 spiro atoms. The second-order valence-electron chi connectivity index (χ2n) is 7.26. The Morgan fingerprint density at radius 1 is 0.750 bits per heavy atom. The predicted octanol–water partition coefficient (Wildman–Crippen LogP) is 5.72. The maximum Gasteiger partial charge on any atom is 0.164 e. The Hall–Kier alpha value is -2.97. The second-order valence-corrected chi connectivity index (χ2v) is 7.26. The zero-order valence-corrected chi connectivity index (χ0v) is 16.1. The molecule has 0 amide bonds. The smallest absolute Gasteiger partial charge is 0.164 e. The van der Waals surface area contributed by atoms with Crippen molar-refractivity contribution in [3.05, 3.63) is 102 Å². The standard InChI is InChI=1S/C26H25NO/c28-26(25-13-11-23(12-14-25)21-7-3-1-4-8-21)17-20-27-18-15-24(16-19-27)22-9-5-2-6-10-22/h1-15H,16-20H2. The van der Waals surface area contributed by atoms with Crippen LogP contribution in [0.15, 0.2) is 91.0 Å². The maximum atomic E-state index is 12.6. The summed E-state index contributed by atoms with van der Waals surface area (Å²) in [5, 5.41) is 0. The molecule has 0 N–H and O–H groups in total. The number of Topliss-reactive ketones (excluding diaryl/α,β-unsaturated/α-hetero) is 1. The van der Waals surface area contributed by atoms with E-state index in [4.69, 9.17) is 0 Å². The number of benzene rings is 3. The van der Waals surface area contributed by atoms with E-state index in [2.05, 4.69) is 53.4 Å². The van der Waals surface area contributed by atoms with Crippen LogP contribution in [0.25, 0.3) is 16.7 Å². The fourth-order valence-corrected chi connectivity index (χ4v) is 3.71. The Kier molecular flexibility index (Phi) is 5.79. The quantitative estimate of drug-likeness (QED) is 0.520. The molecule has 0 saturated heterocycles. The van der Waals surface area contributed by atoms with E-state index >= 15 is 0 Å². The van der Waals surface area contributed by atoms with Gasteiger partial charge in [-0.1, -0.05) is 91.0 Å². The van der Waals surface area contributed by atoms with Gasteiger partial charge in [-0.05, 0) is 28.7 Å². The molecular weight excluding hydrogens is 342 g/mol. The number of hydrogen-bond donors (Lipinski definition) is 0. The molecule has 0 unspecified atom stereocenters. The monoisotopic (exact) mass is 367 g/mol. The SMILES string of the molecule is O=C(CCN1CC=C(c2ccccc2)CC1)c1ccc(-c2ccccc2)cc1. The summed E-state index contributed by atoms with van der Waals surface area (Å²) < 4.78 is 0. The first-order valence-electron chi connectivity index (χ1n) is 9.95. The summed E-state index contributed by atoms with van der Waals surface area (Å²) in [6.07, 6.45) is 3.92. The van der Waals surface area contributed by atoms with Gasteiger partial charge in [-0.25, -0.2) is 0 Å². The third-order valence-electron chi connectivity index (χ3n) is 5.41. The van der Waals surface area contributed by atoms with Gasteiger partial charge in [-0.15, -0.1) is 0 Å². The number of carbonyl (C=O) groups is 1. The highest BCUT2D eigenvalue weighted by Gasteiger charge is 2.14. The largest absolute Gasteiger partial charge is 0.299 e. The van der Waals surface area contributed by atoms with Crippen LogP contribution in [0.2, 0.25) is 0 Å². The van der Waals surface area contributed by atoms with Crippen LogP contribution in [-0.2, 0) is 0 Å². The molecule has 4 rings (SSSR count). The van der Waals surface area contributed by atoms with Gasteiger partial charge < -0.3 is 0 Å². The Morgan fingerprint density at radius 2 is 1.36 bits per heavy atom. The lowest BCUT2D eigenvalue weighted by atomic mass is 9.99. The van der Waals surface area contributed by atoms with Gasteiger partial charge in [0.25, 0.3) is 0 Å². The molecule has 0 aromatic heterocycles. The van der Waals surface area contributed by atoms with Crippen LogP contribution >= 0.6 is 0 Å². The Bertz CT molecular complexity index is 943. The Morgan fingerprint density at radius 3 is 1.96 bits per heavy atom. The van der Waals surface area contributed by atoms with Gasteiger partial charge >= 0.3 is 0 Å². The van der Waals surface area contributed by atoms with Crippen LogP contribution in [0.5, 0.6) is 0 Å². The molecule has 0 saturated carbocycles. The summed E-state index contributed by atoms with van der Waals surface area (Å²) >= 11 is 0. The van der Waals surface area contributed by atoms with Gasteiger partial charge in [-0.2, -0.15) is 0 Å². The first-order chi connectivity index (χ1) is 13.8. The van der Waals surface area contributed by atoms with Crippen molar-refractivity contribution in [2.45, 2.75) is 12.8 Å². The third kappa shape index (κ3) is 4.47. The van der Waals surface area contributed by atoms with E-state index in [9.17, 15) is 4.79 Å². The molecule has 0 atom stereocenters. The van der Waals surface area contributed by atoms with Crippen LogP contribution < -0.4 is 0 Å². The van der Waals surface area contributed by atoms with Crippen molar-refractivity contribution in [1.29, 1.82) is 0 Å². The van der Waals surface area contributed by atoms with Gasteiger partial charge in [0, 0.05) is 31.6 Å². The molecule has 1 aliphatic heterocycles. The van der Waals surface area contributed by atoms with Crippen molar-refractivity contribution >= 4 is 11.4 Å². The molecule has 1 heterocycles. The molecule has 0 aliphatic carbocycles. The Labute approximate surface area is 167 Å². The van der Waals surface area contributed by atoms with Crippen LogP contribution in [0.3, 0.4) is 0 Å². The zero-order valence-electron chi connectivity index (χ0n) is 16.1. The topological polar surface area (TPSA) is 20.3 Å². The van der Waals surface area contributed by atoms with Crippen molar-refractivity contribution in [2.24, 2.45) is 0 Å². The van der Waals surface area contributed by atoms with Gasteiger partial charge in [0.2, 0.25) is 0 Å². The fraction of sp³-hybridized carbons (Fsp3) is 0.192. The number of hydrogen-bond acceptors (Lipinski definition) is 2. The van der Waals surface area contributed by atoms with E-state index in [1.807, 2.05) is 42.5 Å². The molecule has 2 nitrogen and oxygen atoms in total. The highest BCUT2D eigenvalue weighted by atomic mass is 16.1. The van der Waals surface area contributed by atoms with E-state index in [-0.39, 0.29) is 5.78 Å². The van der Waals surface area contributed by atoms with Crippen molar-refractivity contribution in [1.82, 2.24) is 4.90 Å². The van der Waals surface area contributed by atoms with Crippen molar-refractivity contribution in [3.63, 3.8) is 0 Å². The lowest BCUT2D eigenvalue weighted by Gasteiger charge is -2.26. The average Bonchev–Trinajstić information content (AvgIpc) is 2.79. The molecule has 3 aromatic carbocycles. The lowest BCUT2D eigenvalue weighted by molar-refractivity contribution is 0.0966. The number of rotatable bonds is 6. The molecule has 0 radical (unpaired) electrons. The molecule has 3 aromatic rings. The first-order valence-corrected chi connectivity index (χ1v) is 9.95. The Balaban J connectivity index is 1.31. The van der Waals surface area contributed by atoms with Gasteiger partial charge in [0.15, 0.2) is 5.78 Å². The molecule has 0 bridgehead atoms. The summed E-state index contributed by atoms with van der Waals surface area (Å²) in [5.41, 5.74) is 5.86. The third-order valence-corrected chi connectivity index (χ3v) is 5.41. The normalized spacial score (nSPS) is 14.5. The minimum Gasteiger partial charge on any atom is -0.299 e. The van der Waals surface area contributed by atoms with Gasteiger partial charge in [0.05, 0.1) is 0 Å². The van der Waals surface area contributed by atoms with Crippen molar-refractivity contribution in [2.75, 3.05) is 19.6 Å². The van der Waals surface area contributed by atoms with Crippen LogP contribution in [0.1, 0.15) is 28.8 Å². The van der Waals surface area contributed by atoms with E-state index in [1.165, 1.54) is 16.7 Å². The zero-order chi connectivity index (χ0) is 19.2. The number of ketones is 1. The molecule has 1 aliphatic rings. The summed E-state index contributed by atoms with van der Waals surface area (Å²) in [7, 11) is 0. The number of nitrogens with zero attached hydrogens (tertiary/aromatic N) is 1. The summed E-state index contributed by atoms with van der Waals surface area (Å²) in [6, 6.07) is 28.8. The second kappa shape index (κ2) is 8.81. The van der Waals surface area contributed by atoms with Crippen LogP contribution in [0, 0.1) is 0 Å². The lowest BCUT2D eigenvalue weighted by Crippen LogP contribution is -2.30. The summed E-state index contributed by atoms with van der Waals surface area (Å²) in [4.78, 5) is 14.9. The molecular formula is C26H25NO. The highest BCUT2D eigenvalue weighted by molar-refractivity contribution is 5.96. The van der Waals surface area contributed by atoms with Gasteiger partial charge in [-0.3, -0.25) is 9.69 Å². The summed E-state index contributed by atoms with van der Waals surface area (Å²) in [6.45, 7) is 2.75. The molecule has 0 fully saturated rings. The van der Waals surface area contributed by atoms with E-state index in [0.717, 1.165) is 37.2 Å². The summed E-state index contributed by atoms with van der Waals surface area (Å²) in [5.74, 6) is 0.220. The highest BCUT2D eigenvalue weighted by Crippen LogP contribution is 2.23. The first kappa shape index (κ1) is 18.4.